The van der Waals surface area contributed by atoms with Gasteiger partial charge in [0.25, 0.3) is 11.9 Å². The standard InChI is InChI=1S/C46H56FN7O6S2/c1-28(2)54-37-20-12-18-34(41-49-36(27-61-41)29-13-9-10-14-29)39(37)50-44(54)60-33-24-38-40(55)51-46(43(57)52-62(58,59)45(3)21-22-45)25-30(46)15-7-5-4-6-8-19-35(42(56)53(38)26-33)48-32-17-11-16-31(47)23-32/h7,11-12,15-18,20,23,27-30,33,35,38,48H,4-6,8-10,13-14,19,21-22,24-26H2,1-3H3,(H,51,55)(H,52,57)/b15-7-/t30-,33-,35+,38+,46-/m1/s1. The summed E-state index contributed by atoms with van der Waals surface area (Å²) >= 11 is 1.62. The van der Waals surface area contributed by atoms with Gasteiger partial charge in [-0.15, -0.1) is 11.3 Å². The van der Waals surface area contributed by atoms with Crippen LogP contribution in [0.1, 0.15) is 122 Å². The molecule has 3 N–H and O–H groups in total. The van der Waals surface area contributed by atoms with Gasteiger partial charge in [-0.25, -0.2) is 17.8 Å². The molecule has 13 nitrogen and oxygen atoms in total. The lowest BCUT2D eigenvalue weighted by molar-refractivity contribution is -0.140. The molecular formula is C46H56FN7O6S2. The molecule has 9 rings (SSSR count). The molecule has 5 atom stereocenters. The van der Waals surface area contributed by atoms with Crippen LogP contribution in [0.3, 0.4) is 0 Å². The van der Waals surface area contributed by atoms with Crippen LogP contribution in [0.15, 0.2) is 60.0 Å². The number of carbonyl (C=O) groups is 3. The molecule has 330 valence electrons. The number of fused-ring (bicyclic) bond motifs is 3. The highest BCUT2D eigenvalue weighted by Crippen LogP contribution is 2.48. The SMILES string of the molecule is CC(C)n1c(O[C@@H]2C[C@H]3C(=O)N[C@]4(C(=O)NS(=O)(=O)C5(C)CC5)C[C@H]4/C=C\CCCCC[C@H](Nc4cccc(F)c4)C(=O)N3C2)nc2c(-c3nc(C4CCCC4)cs3)cccc21. The van der Waals surface area contributed by atoms with Crippen LogP contribution in [-0.4, -0.2) is 80.6 Å². The molecule has 62 heavy (non-hydrogen) atoms. The molecule has 5 aliphatic rings. The van der Waals surface area contributed by atoms with Crippen LogP contribution in [0, 0.1) is 11.7 Å². The number of anilines is 1. The number of hydrogen-bond donors (Lipinski definition) is 3. The monoisotopic (exact) mass is 885 g/mol. The highest BCUT2D eigenvalue weighted by molar-refractivity contribution is 7.91. The lowest BCUT2D eigenvalue weighted by Crippen LogP contribution is -2.58. The first-order valence-corrected chi connectivity index (χ1v) is 24.6. The third-order valence-electron chi connectivity index (χ3n) is 13.6. The zero-order valence-electron chi connectivity index (χ0n) is 35.6. The maximum absolute atomic E-state index is 14.9. The number of imidazole rings is 1. The number of sulfonamides is 1. The van der Waals surface area contributed by atoms with E-state index in [-0.39, 0.29) is 31.3 Å². The fraction of sp³-hybridized carbons (Fsp3) is 0.543. The third-order valence-corrected chi connectivity index (χ3v) is 16.7. The fourth-order valence-electron chi connectivity index (χ4n) is 9.54. The Kier molecular flexibility index (Phi) is 11.4. The van der Waals surface area contributed by atoms with Gasteiger partial charge >= 0.3 is 0 Å². The van der Waals surface area contributed by atoms with Crippen molar-refractivity contribution in [3.63, 3.8) is 0 Å². The quantitative estimate of drug-likeness (QED) is 0.135. The van der Waals surface area contributed by atoms with Crippen LogP contribution in [0.25, 0.3) is 21.6 Å². The van der Waals surface area contributed by atoms with E-state index < -0.39 is 62.0 Å². The number of halogens is 1. The van der Waals surface area contributed by atoms with Crippen LogP contribution in [0.2, 0.25) is 0 Å². The van der Waals surface area contributed by atoms with E-state index in [2.05, 4.69) is 34.6 Å². The number of amides is 3. The van der Waals surface area contributed by atoms with Crippen LogP contribution in [0.5, 0.6) is 6.01 Å². The number of nitrogens with one attached hydrogen (secondary N) is 3. The van der Waals surface area contributed by atoms with Gasteiger partial charge in [0.1, 0.15) is 40.1 Å². The minimum Gasteiger partial charge on any atom is -0.459 e. The molecule has 4 aromatic rings. The Hall–Kier alpha value is -4.83. The average molecular weight is 886 g/mol. The summed E-state index contributed by atoms with van der Waals surface area (Å²) in [6.45, 7) is 5.75. The first kappa shape index (κ1) is 42.5. The Bertz CT molecular complexity index is 2510. The zero-order valence-corrected chi connectivity index (χ0v) is 37.2. The number of nitrogens with zero attached hydrogens (tertiary/aromatic N) is 4. The van der Waals surface area contributed by atoms with Gasteiger partial charge in [0.2, 0.25) is 21.8 Å². The molecule has 16 heteroatoms. The molecule has 3 aliphatic carbocycles. The van der Waals surface area contributed by atoms with Crippen molar-refractivity contribution in [1.82, 2.24) is 29.5 Å². The summed E-state index contributed by atoms with van der Waals surface area (Å²) < 4.78 is 51.1. The number of carbonyl (C=O) groups excluding carboxylic acids is 3. The number of allylic oxidation sites excluding steroid dienone is 1. The maximum atomic E-state index is 14.9. The van der Waals surface area contributed by atoms with Crippen LogP contribution >= 0.6 is 11.3 Å². The molecule has 0 bridgehead atoms. The van der Waals surface area contributed by atoms with E-state index in [0.29, 0.717) is 43.3 Å². The van der Waals surface area contributed by atoms with Crippen LogP contribution in [-0.2, 0) is 24.4 Å². The molecular weight excluding hydrogens is 830 g/mol. The number of ether oxygens (including phenoxy) is 1. The Balaban J connectivity index is 1.04. The molecule has 4 heterocycles. The van der Waals surface area contributed by atoms with Crippen molar-refractivity contribution in [3.8, 4) is 16.6 Å². The van der Waals surface area contributed by atoms with Gasteiger partial charge in [-0.05, 0) is 102 Å². The van der Waals surface area contributed by atoms with Gasteiger partial charge in [0, 0.05) is 40.9 Å². The van der Waals surface area contributed by atoms with E-state index in [9.17, 15) is 27.2 Å². The summed E-state index contributed by atoms with van der Waals surface area (Å²) in [4.78, 5) is 55.3. The molecule has 2 aromatic heterocycles. The highest BCUT2D eigenvalue weighted by atomic mass is 32.2. The minimum absolute atomic E-state index is 0.0406. The summed E-state index contributed by atoms with van der Waals surface area (Å²) in [7, 11) is -3.99. The Morgan fingerprint density at radius 2 is 1.81 bits per heavy atom. The summed E-state index contributed by atoms with van der Waals surface area (Å²) in [5, 5.41) is 9.29. The largest absolute Gasteiger partial charge is 0.459 e. The van der Waals surface area contributed by atoms with Crippen molar-refractivity contribution >= 4 is 55.8 Å². The van der Waals surface area contributed by atoms with Crippen molar-refractivity contribution in [2.45, 2.75) is 145 Å². The molecule has 0 radical (unpaired) electrons. The molecule has 0 unspecified atom stereocenters. The van der Waals surface area contributed by atoms with Crippen molar-refractivity contribution < 1.29 is 31.9 Å². The van der Waals surface area contributed by atoms with E-state index in [0.717, 1.165) is 59.4 Å². The second-order valence-corrected chi connectivity index (χ2v) is 21.6. The lowest BCUT2D eigenvalue weighted by Gasteiger charge is -2.30. The number of hydrogen-bond acceptors (Lipinski definition) is 10. The molecule has 1 saturated heterocycles. The number of thiazole rings is 1. The molecule has 3 amide bonds. The minimum atomic E-state index is -3.99. The summed E-state index contributed by atoms with van der Waals surface area (Å²) in [6.07, 6.45) is 12.7. The second-order valence-electron chi connectivity index (χ2n) is 18.5. The van der Waals surface area contributed by atoms with Gasteiger partial charge in [0.15, 0.2) is 0 Å². The number of benzene rings is 2. The topological polar surface area (TPSA) is 165 Å². The first-order chi connectivity index (χ1) is 29.7. The Labute approximate surface area is 366 Å². The van der Waals surface area contributed by atoms with Gasteiger partial charge < -0.3 is 20.3 Å². The lowest BCUT2D eigenvalue weighted by atomic mass is 10.0. The van der Waals surface area contributed by atoms with Crippen LogP contribution in [0.4, 0.5) is 10.1 Å². The maximum Gasteiger partial charge on any atom is 0.297 e. The molecule has 3 saturated carbocycles. The normalized spacial score (nSPS) is 27.2. The van der Waals surface area contributed by atoms with E-state index in [1.54, 1.807) is 30.4 Å². The molecule has 0 spiro atoms. The highest BCUT2D eigenvalue weighted by Gasteiger charge is 2.63. The summed E-state index contributed by atoms with van der Waals surface area (Å²) in [5.41, 5.74) is 2.61. The third kappa shape index (κ3) is 8.24. The average Bonchev–Trinajstić information content (AvgIpc) is 3.72. The van der Waals surface area contributed by atoms with Crippen molar-refractivity contribution in [1.29, 1.82) is 0 Å². The molecule has 2 aromatic carbocycles. The second kappa shape index (κ2) is 16.7. The number of para-hydroxylation sites is 1. The summed E-state index contributed by atoms with van der Waals surface area (Å²) in [5.74, 6) is -2.10. The number of aromatic nitrogens is 3. The zero-order chi connectivity index (χ0) is 43.4. The van der Waals surface area contributed by atoms with Gasteiger partial charge in [-0.2, -0.15) is 4.98 Å². The van der Waals surface area contributed by atoms with Crippen molar-refractivity contribution in [3.05, 3.63) is 71.5 Å². The van der Waals surface area contributed by atoms with Gasteiger partial charge in [-0.1, -0.05) is 50.0 Å². The Morgan fingerprint density at radius 3 is 2.56 bits per heavy atom. The van der Waals surface area contributed by atoms with E-state index >= 15 is 0 Å². The van der Waals surface area contributed by atoms with E-state index in [1.165, 1.54) is 29.9 Å². The molecule has 4 fully saturated rings. The Morgan fingerprint density at radius 1 is 1.03 bits per heavy atom. The summed E-state index contributed by atoms with van der Waals surface area (Å²) in [6, 6.07) is 10.4. The van der Waals surface area contributed by atoms with Crippen molar-refractivity contribution in [2.75, 3.05) is 11.9 Å². The smallest absolute Gasteiger partial charge is 0.297 e. The van der Waals surface area contributed by atoms with Crippen LogP contribution < -0.4 is 20.1 Å². The first-order valence-electron chi connectivity index (χ1n) is 22.3. The predicted molar refractivity (Wildman–Crippen MR) is 237 cm³/mol. The predicted octanol–water partition coefficient (Wildman–Crippen LogP) is 7.76. The number of rotatable bonds is 10. The molecule has 2 aliphatic heterocycles. The fourth-order valence-corrected chi connectivity index (χ4v) is 11.8. The van der Waals surface area contributed by atoms with Gasteiger partial charge in [-0.3, -0.25) is 23.7 Å². The van der Waals surface area contributed by atoms with E-state index in [1.807, 2.05) is 34.9 Å². The van der Waals surface area contributed by atoms with E-state index in [4.69, 9.17) is 14.7 Å². The van der Waals surface area contributed by atoms with Crippen molar-refractivity contribution in [2.24, 2.45) is 5.92 Å². The van der Waals surface area contributed by atoms with Gasteiger partial charge in [0.05, 0.1) is 22.5 Å².